The van der Waals surface area contributed by atoms with E-state index in [1.807, 2.05) is 12.1 Å². The summed E-state index contributed by atoms with van der Waals surface area (Å²) in [5.74, 6) is 4.94. The Labute approximate surface area is 581 Å². The third-order valence-electron chi connectivity index (χ3n) is 27.1. The van der Waals surface area contributed by atoms with Crippen LogP contribution < -0.4 is 18.4 Å². The predicted molar refractivity (Wildman–Crippen MR) is 380 cm³/mol. The van der Waals surface area contributed by atoms with Crippen LogP contribution >= 0.6 is 37.2 Å². The first-order valence-corrected chi connectivity index (χ1v) is 51.2. The summed E-state index contributed by atoms with van der Waals surface area (Å²) in [6, 6.07) is 13.7. The van der Waals surface area contributed by atoms with E-state index in [2.05, 4.69) is 139 Å². The third-order valence-corrected chi connectivity index (χ3v) is 30.1. The van der Waals surface area contributed by atoms with Crippen LogP contribution in [0.15, 0.2) is 62.7 Å². The van der Waals surface area contributed by atoms with E-state index in [1.54, 1.807) is 36.4 Å². The Bertz CT molecular complexity index is 3020. The van der Waals surface area contributed by atoms with Crippen molar-refractivity contribution in [1.82, 2.24) is 0 Å². The Morgan fingerprint density at radius 3 is 1.32 bits per heavy atom. The van der Waals surface area contributed by atoms with Crippen molar-refractivity contribution in [3.8, 4) is 0 Å². The second-order valence-corrected chi connectivity index (χ2v) is 53.7. The molecule has 4 N–H and O–H groups in total. The van der Waals surface area contributed by atoms with Gasteiger partial charge in [-0.2, -0.15) is 12.8 Å². The maximum atomic E-state index is 13.0. The molecule has 0 spiro atoms. The molecule has 0 radical (unpaired) electrons. The van der Waals surface area contributed by atoms with Crippen LogP contribution in [0.3, 0.4) is 0 Å². The monoisotopic (exact) mass is 1640 g/mol. The molecule has 8 saturated carbocycles. The summed E-state index contributed by atoms with van der Waals surface area (Å²) in [7, 11) is -7.66. The molecule has 22 atom stereocenters. The van der Waals surface area contributed by atoms with Gasteiger partial charge in [0.05, 0.1) is 34.2 Å². The molecule has 0 unspecified atom stereocenters. The van der Waals surface area contributed by atoms with Gasteiger partial charge in [-0.1, -0.05) is 147 Å². The molecular formula is C75H118I3NO10S2-2. The number of sulfonamides is 1. The minimum atomic E-state index is -4.02. The van der Waals surface area contributed by atoms with Crippen LogP contribution in [0.2, 0.25) is 0 Å². The summed E-state index contributed by atoms with van der Waals surface area (Å²) >= 11 is 5.30. The van der Waals surface area contributed by atoms with Crippen molar-refractivity contribution in [2.75, 3.05) is 5.75 Å². The third kappa shape index (κ3) is 15.9. The quantitative estimate of drug-likeness (QED) is 0.0671. The first-order chi connectivity index (χ1) is 42.5. The van der Waals surface area contributed by atoms with E-state index in [4.69, 9.17) is 0 Å². The number of hydrogen-bond donors (Lipinski definition) is 4. The summed E-state index contributed by atoms with van der Waals surface area (Å²) in [5.41, 5.74) is 2.75. The van der Waals surface area contributed by atoms with Crippen LogP contribution in [-0.4, -0.2) is 79.1 Å². The molecule has 8 aliphatic rings. The van der Waals surface area contributed by atoms with Crippen molar-refractivity contribution in [2.24, 2.45) is 109 Å². The minimum absolute atomic E-state index is 0.0558. The van der Waals surface area contributed by atoms with Crippen molar-refractivity contribution < 1.29 is 60.4 Å². The number of carbonyl (C=O) groups is 1. The van der Waals surface area contributed by atoms with Crippen LogP contribution in [-0.2, 0) is 35.5 Å². The molecule has 0 heterocycles. The molecular weight excluding hydrogens is 1520 g/mol. The van der Waals surface area contributed by atoms with Gasteiger partial charge in [-0.25, -0.2) is 8.42 Å². The van der Waals surface area contributed by atoms with Crippen molar-refractivity contribution in [3.05, 3.63) is 59.7 Å². The van der Waals surface area contributed by atoms with E-state index >= 15 is 0 Å². The number of fused-ring (bicyclic) bond motifs is 10. The normalized spacial score (nSPS) is 38.8. The molecule has 0 aromatic heterocycles. The Balaban J connectivity index is 0.000000225. The summed E-state index contributed by atoms with van der Waals surface area (Å²) in [4.78, 5) is 13.1. The van der Waals surface area contributed by atoms with Gasteiger partial charge < -0.3 is 25.5 Å². The first-order valence-electron chi connectivity index (χ1n) is 35.5. The number of aliphatic hydroxyl groups excluding tert-OH is 4. The van der Waals surface area contributed by atoms with Crippen LogP contribution in [0.4, 0.5) is 0 Å². The summed E-state index contributed by atoms with van der Waals surface area (Å²) in [5, 5.41) is 57.7. The predicted octanol–water partition coefficient (Wildman–Crippen LogP) is 13.4. The van der Waals surface area contributed by atoms with Gasteiger partial charge in [0.2, 0.25) is 0 Å². The molecule has 0 amide bonds. The van der Waals surface area contributed by atoms with Gasteiger partial charge >= 0.3 is 50.5 Å². The van der Waals surface area contributed by atoms with Gasteiger partial charge in [0.25, 0.3) is 10.0 Å². The number of benzene rings is 2. The molecule has 16 heteroatoms. The Hall–Kier alpha value is -0.490. The van der Waals surface area contributed by atoms with E-state index in [0.29, 0.717) is 97.1 Å². The fourth-order valence-electron chi connectivity index (χ4n) is 22.4. The average molecular weight is 1640 g/mol. The van der Waals surface area contributed by atoms with Crippen molar-refractivity contribution >= 4 is 68.8 Å². The molecule has 8 aliphatic carbocycles. The van der Waals surface area contributed by atoms with Crippen LogP contribution in [0.1, 0.15) is 249 Å². The van der Waals surface area contributed by atoms with E-state index in [-0.39, 0.29) is 90.7 Å². The molecule has 518 valence electrons. The molecule has 2 aromatic rings. The van der Waals surface area contributed by atoms with Gasteiger partial charge in [-0.05, 0) is 266 Å². The second-order valence-electron chi connectivity index (χ2n) is 33.8. The average Bonchev–Trinajstić information content (AvgIpc) is 1.70. The fraction of sp³-hybridized carbons (Fsp3) is 0.813. The number of ketones is 1. The molecule has 10 rings (SSSR count). The Kier molecular flexibility index (Phi) is 25.3. The molecule has 2 aromatic carbocycles. The van der Waals surface area contributed by atoms with Gasteiger partial charge in [0, 0.05) is 6.42 Å². The number of rotatable bonds is 17. The zero-order valence-corrected chi connectivity index (χ0v) is 66.0. The second kappa shape index (κ2) is 30.1. The van der Waals surface area contributed by atoms with Crippen LogP contribution in [0.5, 0.6) is 0 Å². The molecule has 91 heavy (non-hydrogen) atoms. The number of sulfone groups is 1. The van der Waals surface area contributed by atoms with Crippen molar-refractivity contribution in [1.29, 1.82) is 0 Å². The first kappa shape index (κ1) is 76.3. The van der Waals surface area contributed by atoms with Crippen LogP contribution in [0, 0.1) is 105 Å². The number of carbonyl (C=O) groups excluding carboxylic acids is 1. The number of Topliss-reactive ketones (excluding diaryl/α,β-unsaturated/α-hetero) is 1. The van der Waals surface area contributed by atoms with Crippen molar-refractivity contribution in [3.63, 3.8) is 0 Å². The molecule has 0 aliphatic heterocycles. The van der Waals surface area contributed by atoms with Crippen molar-refractivity contribution in [2.45, 2.75) is 283 Å². The molecule has 8 fully saturated rings. The summed E-state index contributed by atoms with van der Waals surface area (Å²) in [6.45, 7) is 31.6. The van der Waals surface area contributed by atoms with Gasteiger partial charge in [0.1, 0.15) is 11.5 Å². The van der Waals surface area contributed by atoms with E-state index < -0.39 is 31.5 Å². The SMILES string of the molecule is CC[C@H]1[C@@H](O)[C@@H]2[C@H](CC[C@]3(C)[C@@H]([C@H](C)CCCC(=O)CS(=O)(=O)c4ccc(C(C)(C)C)cc4)CC[C@@H]23)[C@@]2(C)CC[C@@H](O)C[C@@H]12.CC[C@H]1[C@@H](O)[C@@H]2[C@H](CC[C@]3(C)[C@@H]([C@H](C)CCCC([O-])=NS(=O)(=O)c4ccc(C(C)(C)C)cc4)CC[C@@H]23)[C@@]2(C)CC[C@@H](O)C[C@@H]12.I[I-]I. The van der Waals surface area contributed by atoms with Gasteiger partial charge in [0.15, 0.2) is 9.84 Å². The fourth-order valence-corrected chi connectivity index (χ4v) is 24.6. The molecule has 0 saturated heterocycles. The van der Waals surface area contributed by atoms with Gasteiger partial charge in [-0.15, -0.1) is 0 Å². The Morgan fingerprint density at radius 2 is 0.934 bits per heavy atom. The Morgan fingerprint density at radius 1 is 0.571 bits per heavy atom. The number of halogens is 3. The molecule has 0 bridgehead atoms. The molecule has 11 nitrogen and oxygen atoms in total. The van der Waals surface area contributed by atoms with E-state index in [0.717, 1.165) is 101 Å². The van der Waals surface area contributed by atoms with Gasteiger partial charge in [-0.3, -0.25) is 4.79 Å². The number of aliphatic hydroxyl groups is 4. The standard InChI is InChI=1S/C38H60O5S.C37H59NO5S.I3/c1-8-29-33-22-26(39)18-20-38(33,7)32-19-21-37(6)30(16-17-31(37)34(32)35(29)41)24(2)10-9-11-27(40)23-44(42,43)28-14-12-25(13-15-28)36(3,4)5;1-8-27-31-22-25(39)18-20-37(31,7)30-19-21-36(6)28(16-17-29(36)33(30)34(27)41)23(2)10-9-11-32(40)38-44(42,43)26-14-12-24(13-15-26)35(3,4)5;1-3-2/h12-15,24,26,29-35,39,41H,8-11,16-23H2,1-7H3;12-15,23,25,27-31,33-34,39,41H,8-11,16-22H2,1-7H3,(H,38,40);/q;;-1/p-1/t24-,26-,29-,30-,31+,32+,33+,34+,35-,37-,38-;23-,25-,27-,28-,29+,30+,31+,33+,34-,36-,37-;/m11./s1. The zero-order chi connectivity index (χ0) is 67.2. The van der Waals surface area contributed by atoms with Crippen LogP contribution in [0.25, 0.3) is 0 Å². The summed E-state index contributed by atoms with van der Waals surface area (Å²) < 4.78 is 55.2. The number of nitrogens with zero attached hydrogens (tertiary/aromatic N) is 1. The number of hydrogen-bond acceptors (Lipinski definition) is 10. The topological polar surface area (TPSA) is 202 Å². The van der Waals surface area contributed by atoms with E-state index in [1.165, 1.54) is 32.1 Å². The zero-order valence-electron chi connectivity index (χ0n) is 57.9. The van der Waals surface area contributed by atoms with E-state index in [9.17, 15) is 47.2 Å². The summed E-state index contributed by atoms with van der Waals surface area (Å²) in [6.07, 6.45) is 19.6. The maximum absolute atomic E-state index is 13.0.